The Bertz CT molecular complexity index is 638. The van der Waals surface area contributed by atoms with Gasteiger partial charge in [0.05, 0.1) is 21.3 Å². The zero-order valence-electron chi connectivity index (χ0n) is 10.7. The molecule has 0 spiro atoms. The van der Waals surface area contributed by atoms with Crippen LogP contribution < -0.4 is 0 Å². The number of nitrogens with one attached hydrogen (secondary N) is 1. The first-order chi connectivity index (χ1) is 8.45. The lowest BCUT2D eigenvalue weighted by molar-refractivity contribution is 0.101. The summed E-state index contributed by atoms with van der Waals surface area (Å²) in [4.78, 5) is 31.1. The zero-order chi connectivity index (χ0) is 13.4. The topological polar surface area (TPSA) is 62.8 Å². The van der Waals surface area contributed by atoms with Gasteiger partial charge in [-0.05, 0) is 27.7 Å². The van der Waals surface area contributed by atoms with Gasteiger partial charge in [-0.15, -0.1) is 11.3 Å². The van der Waals surface area contributed by atoms with Crippen LogP contribution in [0.2, 0.25) is 0 Å². The number of carbonyl (C=O) groups is 2. The van der Waals surface area contributed by atoms with Gasteiger partial charge in [-0.25, -0.2) is 4.98 Å². The molecule has 2 heterocycles. The molecule has 0 radical (unpaired) electrons. The number of nitrogens with zero attached hydrogens (tertiary/aromatic N) is 1. The van der Waals surface area contributed by atoms with Gasteiger partial charge in [-0.3, -0.25) is 9.59 Å². The zero-order valence-corrected chi connectivity index (χ0v) is 11.6. The fourth-order valence-corrected chi connectivity index (χ4v) is 3.16. The van der Waals surface area contributed by atoms with Gasteiger partial charge in [0.15, 0.2) is 12.1 Å². The SMILES string of the molecule is CC(=O)c1c(C)[nH]c(C=O)c1-c1sc(C)nc1C. The van der Waals surface area contributed by atoms with Gasteiger partial charge in [0.1, 0.15) is 0 Å². The summed E-state index contributed by atoms with van der Waals surface area (Å²) in [5.41, 5.74) is 3.30. The number of H-pyrrole nitrogens is 1. The van der Waals surface area contributed by atoms with Crippen LogP contribution in [0, 0.1) is 20.8 Å². The predicted octanol–water partition coefficient (Wildman–Crippen LogP) is 3.08. The molecule has 2 rings (SSSR count). The van der Waals surface area contributed by atoms with Gasteiger partial charge in [0.2, 0.25) is 0 Å². The molecule has 5 heteroatoms. The van der Waals surface area contributed by atoms with Crippen LogP contribution in [0.25, 0.3) is 10.4 Å². The van der Waals surface area contributed by atoms with Crippen molar-refractivity contribution < 1.29 is 9.59 Å². The molecule has 94 valence electrons. The van der Waals surface area contributed by atoms with E-state index in [2.05, 4.69) is 9.97 Å². The van der Waals surface area contributed by atoms with Crippen molar-refractivity contribution >= 4 is 23.4 Å². The average molecular weight is 262 g/mol. The summed E-state index contributed by atoms with van der Waals surface area (Å²) in [5.74, 6) is -0.0442. The first-order valence-electron chi connectivity index (χ1n) is 5.58. The van der Waals surface area contributed by atoms with E-state index in [1.807, 2.05) is 13.8 Å². The van der Waals surface area contributed by atoms with E-state index in [4.69, 9.17) is 0 Å². The highest BCUT2D eigenvalue weighted by atomic mass is 32.1. The van der Waals surface area contributed by atoms with Crippen LogP contribution in [0.3, 0.4) is 0 Å². The minimum atomic E-state index is -0.0442. The smallest absolute Gasteiger partial charge is 0.166 e. The Labute approximate surface area is 109 Å². The molecule has 0 aliphatic heterocycles. The molecule has 1 N–H and O–H groups in total. The lowest BCUT2D eigenvalue weighted by atomic mass is 10.0. The first kappa shape index (κ1) is 12.7. The number of aromatic amines is 1. The third-order valence-corrected chi connectivity index (χ3v) is 3.91. The summed E-state index contributed by atoms with van der Waals surface area (Å²) in [5, 5.41) is 0.924. The third kappa shape index (κ3) is 1.90. The molecule has 4 nitrogen and oxygen atoms in total. The number of rotatable bonds is 3. The van der Waals surface area contributed by atoms with E-state index in [1.165, 1.54) is 18.3 Å². The fraction of sp³-hybridized carbons (Fsp3) is 0.308. The third-order valence-electron chi connectivity index (χ3n) is 2.82. The number of aldehydes is 1. The summed E-state index contributed by atoms with van der Waals surface area (Å²) >= 11 is 1.50. The number of thiazole rings is 1. The maximum Gasteiger partial charge on any atom is 0.166 e. The van der Waals surface area contributed by atoms with Crippen LogP contribution in [0.5, 0.6) is 0 Å². The molecule has 0 unspecified atom stereocenters. The maximum absolute atomic E-state index is 11.8. The predicted molar refractivity (Wildman–Crippen MR) is 71.5 cm³/mol. The van der Waals surface area contributed by atoms with Crippen molar-refractivity contribution in [3.8, 4) is 10.4 Å². The molecule has 2 aromatic heterocycles. The second-order valence-corrected chi connectivity index (χ2v) is 5.44. The number of aryl methyl sites for hydroxylation is 3. The highest BCUT2D eigenvalue weighted by Gasteiger charge is 2.22. The Hall–Kier alpha value is -1.75. The summed E-state index contributed by atoms with van der Waals surface area (Å²) in [6.45, 7) is 7.11. The van der Waals surface area contributed by atoms with Gasteiger partial charge in [0.25, 0.3) is 0 Å². The van der Waals surface area contributed by atoms with Gasteiger partial charge in [0, 0.05) is 16.8 Å². The molecular formula is C13H14N2O2S. The van der Waals surface area contributed by atoms with Crippen LogP contribution in [0.4, 0.5) is 0 Å². The van der Waals surface area contributed by atoms with E-state index in [1.54, 1.807) is 6.92 Å². The molecule has 0 saturated carbocycles. The number of Topliss-reactive ketones (excluding diaryl/α,β-unsaturated/α-hetero) is 1. The molecule has 0 atom stereocenters. The van der Waals surface area contributed by atoms with Gasteiger partial charge < -0.3 is 4.98 Å². The van der Waals surface area contributed by atoms with Gasteiger partial charge in [-0.1, -0.05) is 0 Å². The molecule has 0 aliphatic carbocycles. The number of hydrogen-bond acceptors (Lipinski definition) is 4. The van der Waals surface area contributed by atoms with Gasteiger partial charge >= 0.3 is 0 Å². The highest BCUT2D eigenvalue weighted by molar-refractivity contribution is 7.15. The summed E-state index contributed by atoms with van der Waals surface area (Å²) in [6, 6.07) is 0. The number of ketones is 1. The van der Waals surface area contributed by atoms with Crippen LogP contribution in [-0.2, 0) is 0 Å². The normalized spacial score (nSPS) is 10.7. The Morgan fingerprint density at radius 2 is 2.00 bits per heavy atom. The molecule has 2 aromatic rings. The lowest BCUT2D eigenvalue weighted by Gasteiger charge is -2.01. The largest absolute Gasteiger partial charge is 0.355 e. The molecule has 0 saturated heterocycles. The Kier molecular flexibility index (Phi) is 3.17. The van der Waals surface area contributed by atoms with Crippen LogP contribution in [-0.4, -0.2) is 22.0 Å². The first-order valence-corrected chi connectivity index (χ1v) is 6.40. The van der Waals surface area contributed by atoms with E-state index in [9.17, 15) is 9.59 Å². The molecular weight excluding hydrogens is 248 g/mol. The van der Waals surface area contributed by atoms with E-state index >= 15 is 0 Å². The molecule has 18 heavy (non-hydrogen) atoms. The van der Waals surface area contributed by atoms with E-state index in [0.29, 0.717) is 16.8 Å². The second kappa shape index (κ2) is 4.49. The lowest BCUT2D eigenvalue weighted by Crippen LogP contribution is -1.96. The summed E-state index contributed by atoms with van der Waals surface area (Å²) < 4.78 is 0. The van der Waals surface area contributed by atoms with Crippen molar-refractivity contribution in [2.75, 3.05) is 0 Å². The molecule has 0 bridgehead atoms. The van der Waals surface area contributed by atoms with E-state index in [-0.39, 0.29) is 5.78 Å². The van der Waals surface area contributed by atoms with Crippen molar-refractivity contribution in [2.24, 2.45) is 0 Å². The second-order valence-electron chi connectivity index (χ2n) is 4.24. The van der Waals surface area contributed by atoms with Crippen molar-refractivity contribution in [1.29, 1.82) is 0 Å². The Morgan fingerprint density at radius 3 is 2.44 bits per heavy atom. The minimum absolute atomic E-state index is 0.0442. The number of hydrogen-bond donors (Lipinski definition) is 1. The highest BCUT2D eigenvalue weighted by Crippen LogP contribution is 2.36. The van der Waals surface area contributed by atoms with Crippen molar-refractivity contribution in [3.05, 3.63) is 27.7 Å². The van der Waals surface area contributed by atoms with E-state index < -0.39 is 0 Å². The fourth-order valence-electron chi connectivity index (χ4n) is 2.18. The van der Waals surface area contributed by atoms with Gasteiger partial charge in [-0.2, -0.15) is 0 Å². The Balaban J connectivity index is 2.80. The van der Waals surface area contributed by atoms with Crippen LogP contribution in [0.1, 0.15) is 44.2 Å². The molecule has 0 fully saturated rings. The maximum atomic E-state index is 11.8. The average Bonchev–Trinajstić information content (AvgIpc) is 2.77. The molecule has 0 amide bonds. The quantitative estimate of drug-likeness (QED) is 0.683. The summed E-state index contributed by atoms with van der Waals surface area (Å²) in [7, 11) is 0. The van der Waals surface area contributed by atoms with E-state index in [0.717, 1.165) is 27.6 Å². The van der Waals surface area contributed by atoms with Crippen molar-refractivity contribution in [1.82, 2.24) is 9.97 Å². The molecule has 0 aromatic carbocycles. The number of aromatic nitrogens is 2. The van der Waals surface area contributed by atoms with Crippen LogP contribution >= 0.6 is 11.3 Å². The van der Waals surface area contributed by atoms with Crippen LogP contribution in [0.15, 0.2) is 0 Å². The summed E-state index contributed by atoms with van der Waals surface area (Å²) in [6.07, 6.45) is 0.753. The monoisotopic (exact) mass is 262 g/mol. The van der Waals surface area contributed by atoms with Crippen molar-refractivity contribution in [3.63, 3.8) is 0 Å². The minimum Gasteiger partial charge on any atom is -0.355 e. The molecule has 0 aliphatic rings. The van der Waals surface area contributed by atoms with Crippen molar-refractivity contribution in [2.45, 2.75) is 27.7 Å². The Morgan fingerprint density at radius 1 is 1.33 bits per heavy atom. The number of carbonyl (C=O) groups excluding carboxylic acids is 2. The standard InChI is InChI=1S/C13H14N2O2S/c1-6-11(8(3)17)12(10(5-16)15-6)13-7(2)14-9(4)18-13/h5,15H,1-4H3.